The van der Waals surface area contributed by atoms with E-state index in [1.165, 1.54) is 11.1 Å². The molecular weight excluding hydrogens is 300 g/mol. The molecule has 2 saturated carbocycles. The van der Waals surface area contributed by atoms with Gasteiger partial charge in [0.05, 0.1) is 0 Å². The average Bonchev–Trinajstić information content (AvgIpc) is 2.89. The Morgan fingerprint density at radius 2 is 2.00 bits per heavy atom. The van der Waals surface area contributed by atoms with Gasteiger partial charge in [-0.1, -0.05) is 12.5 Å². The van der Waals surface area contributed by atoms with Gasteiger partial charge in [0.2, 0.25) is 0 Å². The Balaban J connectivity index is 1.77. The molecule has 0 aromatic heterocycles. The van der Waals surface area contributed by atoms with Crippen molar-refractivity contribution in [2.75, 3.05) is 0 Å². The molecule has 0 radical (unpaired) electrons. The van der Waals surface area contributed by atoms with Crippen LogP contribution in [0, 0.1) is 17.3 Å². The highest BCUT2D eigenvalue weighted by atomic mass is 16.3. The maximum Gasteiger partial charge on any atom is 0.161 e. The fourth-order valence-corrected chi connectivity index (χ4v) is 6.63. The minimum Gasteiger partial charge on any atom is -0.381 e. The Labute approximate surface area is 144 Å². The maximum atomic E-state index is 12.3. The minimum atomic E-state index is -1.12. The molecule has 4 aliphatic rings. The first-order valence-electron chi connectivity index (χ1n) is 9.62. The van der Waals surface area contributed by atoms with Crippen LogP contribution in [0.1, 0.15) is 71.6 Å². The molecule has 24 heavy (non-hydrogen) atoms. The normalized spacial score (nSPS) is 41.5. The third-order valence-electron chi connectivity index (χ3n) is 7.79. The van der Waals surface area contributed by atoms with E-state index >= 15 is 0 Å². The van der Waals surface area contributed by atoms with E-state index in [9.17, 15) is 14.7 Å². The molecule has 4 aliphatic carbocycles. The highest BCUT2D eigenvalue weighted by Gasteiger charge is 2.64. The Kier molecular flexibility index (Phi) is 3.65. The van der Waals surface area contributed by atoms with Crippen LogP contribution in [0.25, 0.3) is 0 Å². The maximum absolute atomic E-state index is 12.3. The van der Waals surface area contributed by atoms with Gasteiger partial charge in [0.25, 0.3) is 0 Å². The predicted molar refractivity (Wildman–Crippen MR) is 92.4 cm³/mol. The van der Waals surface area contributed by atoms with Crippen molar-refractivity contribution >= 4 is 11.6 Å². The second-order valence-corrected chi connectivity index (χ2v) is 8.36. The van der Waals surface area contributed by atoms with Crippen LogP contribution >= 0.6 is 0 Å². The number of allylic oxidation sites excluding steroid dienone is 4. The summed E-state index contributed by atoms with van der Waals surface area (Å²) in [5.41, 5.74) is 2.93. The van der Waals surface area contributed by atoms with Crippen LogP contribution in [0.3, 0.4) is 0 Å². The van der Waals surface area contributed by atoms with Crippen molar-refractivity contribution in [1.82, 2.24) is 0 Å². The molecule has 0 heterocycles. The monoisotopic (exact) mass is 328 g/mol. The Hall–Kier alpha value is -1.22. The van der Waals surface area contributed by atoms with Crippen LogP contribution in [-0.4, -0.2) is 22.3 Å². The average molecular weight is 328 g/mol. The molecule has 0 amide bonds. The number of hydrogen-bond acceptors (Lipinski definition) is 3. The van der Waals surface area contributed by atoms with Crippen molar-refractivity contribution in [3.63, 3.8) is 0 Å². The van der Waals surface area contributed by atoms with E-state index in [2.05, 4.69) is 6.92 Å². The van der Waals surface area contributed by atoms with Gasteiger partial charge in [0.15, 0.2) is 11.6 Å². The predicted octanol–water partition coefficient (Wildman–Crippen LogP) is 3.90. The fraction of sp³-hybridized carbons (Fsp3) is 0.714. The third kappa shape index (κ3) is 1.94. The van der Waals surface area contributed by atoms with E-state index in [-0.39, 0.29) is 17.0 Å². The van der Waals surface area contributed by atoms with Gasteiger partial charge in [-0.05, 0) is 87.3 Å². The molecule has 0 aromatic carbocycles. The first-order valence-corrected chi connectivity index (χ1v) is 9.62. The molecule has 4 rings (SSSR count). The van der Waals surface area contributed by atoms with Crippen molar-refractivity contribution in [2.24, 2.45) is 17.3 Å². The summed E-state index contributed by atoms with van der Waals surface area (Å²) in [5.74, 6) is 1.17. The van der Waals surface area contributed by atoms with Gasteiger partial charge >= 0.3 is 0 Å². The summed E-state index contributed by atoms with van der Waals surface area (Å²) < 4.78 is 0. The topological polar surface area (TPSA) is 54.4 Å². The zero-order valence-electron chi connectivity index (χ0n) is 14.9. The SMILES string of the molecule is CC[C@]12CCC3=C4CCC(=O)C=C4CC[C@H]3[C@@H]1CC[C@]2(O)C(C)=O. The number of aliphatic hydroxyl groups is 1. The molecule has 130 valence electrons. The highest BCUT2D eigenvalue weighted by Crippen LogP contribution is 2.65. The first kappa shape index (κ1) is 16.3. The smallest absolute Gasteiger partial charge is 0.161 e. The molecule has 0 unspecified atom stereocenters. The van der Waals surface area contributed by atoms with Crippen LogP contribution < -0.4 is 0 Å². The van der Waals surface area contributed by atoms with E-state index in [0.29, 0.717) is 24.7 Å². The van der Waals surface area contributed by atoms with Crippen molar-refractivity contribution < 1.29 is 14.7 Å². The van der Waals surface area contributed by atoms with Gasteiger partial charge in [-0.25, -0.2) is 0 Å². The number of rotatable bonds is 2. The van der Waals surface area contributed by atoms with Gasteiger partial charge in [0, 0.05) is 11.8 Å². The number of ketones is 2. The van der Waals surface area contributed by atoms with E-state index in [1.54, 1.807) is 12.5 Å². The van der Waals surface area contributed by atoms with Crippen LogP contribution in [-0.2, 0) is 9.59 Å². The zero-order chi connectivity index (χ0) is 17.1. The number of fused-ring (bicyclic) bond motifs is 4. The van der Waals surface area contributed by atoms with Crippen LogP contribution in [0.15, 0.2) is 22.8 Å². The molecule has 2 fully saturated rings. The Morgan fingerprint density at radius 1 is 1.21 bits per heavy atom. The van der Waals surface area contributed by atoms with E-state index in [4.69, 9.17) is 0 Å². The summed E-state index contributed by atoms with van der Waals surface area (Å²) in [4.78, 5) is 24.1. The fourth-order valence-electron chi connectivity index (χ4n) is 6.63. The third-order valence-corrected chi connectivity index (χ3v) is 7.79. The summed E-state index contributed by atoms with van der Waals surface area (Å²) in [7, 11) is 0. The largest absolute Gasteiger partial charge is 0.381 e. The van der Waals surface area contributed by atoms with E-state index in [0.717, 1.165) is 44.9 Å². The Morgan fingerprint density at radius 3 is 2.71 bits per heavy atom. The highest BCUT2D eigenvalue weighted by molar-refractivity contribution is 5.93. The quantitative estimate of drug-likeness (QED) is 0.836. The summed E-state index contributed by atoms with van der Waals surface area (Å²) in [5, 5.41) is 11.3. The molecule has 0 aromatic rings. The van der Waals surface area contributed by atoms with Gasteiger partial charge in [-0.2, -0.15) is 0 Å². The van der Waals surface area contributed by atoms with Crippen LogP contribution in [0.4, 0.5) is 0 Å². The first-order chi connectivity index (χ1) is 11.4. The standard InChI is InChI=1S/C21H28O3/c1-3-20-10-8-17-16-7-5-15(23)12-14(16)4-6-18(17)19(20)9-11-21(20,24)13(2)22/h12,18-19,24H,3-11H2,1-2H3/t18-,19+,20+,21+/m1/s1. The molecule has 0 spiro atoms. The lowest BCUT2D eigenvalue weighted by Crippen LogP contribution is -2.55. The number of carbonyl (C=O) groups excluding carboxylic acids is 2. The van der Waals surface area contributed by atoms with E-state index in [1.807, 2.05) is 6.08 Å². The molecular formula is C21H28O3. The number of Topliss-reactive ketones (excluding diaryl/α,β-unsaturated/α-hetero) is 1. The van der Waals surface area contributed by atoms with Gasteiger partial charge in [-0.3, -0.25) is 9.59 Å². The van der Waals surface area contributed by atoms with Crippen molar-refractivity contribution in [3.05, 3.63) is 22.8 Å². The van der Waals surface area contributed by atoms with Gasteiger partial charge < -0.3 is 5.11 Å². The lowest BCUT2D eigenvalue weighted by Gasteiger charge is -2.52. The molecule has 3 heteroatoms. The Bertz CT molecular complexity index is 671. The lowest BCUT2D eigenvalue weighted by molar-refractivity contribution is -0.155. The van der Waals surface area contributed by atoms with E-state index < -0.39 is 5.60 Å². The second-order valence-electron chi connectivity index (χ2n) is 8.36. The molecule has 3 nitrogen and oxygen atoms in total. The molecule has 0 aliphatic heterocycles. The van der Waals surface area contributed by atoms with Crippen LogP contribution in [0.2, 0.25) is 0 Å². The van der Waals surface area contributed by atoms with Crippen LogP contribution in [0.5, 0.6) is 0 Å². The lowest BCUT2D eigenvalue weighted by atomic mass is 9.53. The summed E-state index contributed by atoms with van der Waals surface area (Å²) in [6.07, 6.45) is 9.88. The minimum absolute atomic E-state index is 0.0392. The molecule has 1 N–H and O–H groups in total. The van der Waals surface area contributed by atoms with Crippen molar-refractivity contribution in [2.45, 2.75) is 77.2 Å². The van der Waals surface area contributed by atoms with Crippen molar-refractivity contribution in [1.29, 1.82) is 0 Å². The second kappa shape index (κ2) is 5.39. The van der Waals surface area contributed by atoms with Gasteiger partial charge in [-0.15, -0.1) is 0 Å². The summed E-state index contributed by atoms with van der Waals surface area (Å²) in [6.45, 7) is 3.72. The molecule has 4 atom stereocenters. The summed E-state index contributed by atoms with van der Waals surface area (Å²) in [6, 6.07) is 0. The number of hydrogen-bond donors (Lipinski definition) is 1. The molecule has 0 bridgehead atoms. The van der Waals surface area contributed by atoms with Crippen molar-refractivity contribution in [3.8, 4) is 0 Å². The summed E-state index contributed by atoms with van der Waals surface area (Å²) >= 11 is 0. The van der Waals surface area contributed by atoms with Gasteiger partial charge in [0.1, 0.15) is 5.60 Å². The zero-order valence-corrected chi connectivity index (χ0v) is 14.9. The molecule has 0 saturated heterocycles. The number of carbonyl (C=O) groups is 2.